The van der Waals surface area contributed by atoms with Crippen LogP contribution in [0.1, 0.15) is 5.56 Å². The number of hydrazone groups is 1. The zero-order chi connectivity index (χ0) is 9.64. The van der Waals surface area contributed by atoms with E-state index in [4.69, 9.17) is 0 Å². The van der Waals surface area contributed by atoms with E-state index < -0.39 is 0 Å². The molecule has 0 unspecified atom stereocenters. The molecule has 1 aromatic heterocycles. The van der Waals surface area contributed by atoms with E-state index in [1.54, 1.807) is 18.6 Å². The Morgan fingerprint density at radius 3 is 3.29 bits per heavy atom. The second-order valence-corrected chi connectivity index (χ2v) is 2.81. The van der Waals surface area contributed by atoms with Crippen molar-refractivity contribution >= 4 is 12.2 Å². The summed E-state index contributed by atoms with van der Waals surface area (Å²) in [6.45, 7) is 1.69. The predicted molar refractivity (Wildman–Crippen MR) is 55.3 cm³/mol. The maximum atomic E-state index is 4.13. The molecule has 2 N–H and O–H groups in total. The van der Waals surface area contributed by atoms with Crippen LogP contribution < -0.4 is 10.7 Å². The van der Waals surface area contributed by atoms with Crippen molar-refractivity contribution in [2.45, 2.75) is 0 Å². The monoisotopic (exact) mass is 189 g/mol. The minimum atomic E-state index is 0.727. The molecule has 0 radical (unpaired) electrons. The number of guanidine groups is 1. The predicted octanol–water partition coefficient (Wildman–Crippen LogP) is -0.0357. The van der Waals surface area contributed by atoms with E-state index in [1.807, 2.05) is 12.1 Å². The molecule has 0 aromatic carbocycles. The van der Waals surface area contributed by atoms with Gasteiger partial charge in [0.15, 0.2) is 0 Å². The lowest BCUT2D eigenvalue weighted by Crippen LogP contribution is -2.30. The summed E-state index contributed by atoms with van der Waals surface area (Å²) in [5.41, 5.74) is 3.77. The van der Waals surface area contributed by atoms with Crippen molar-refractivity contribution in [3.63, 3.8) is 0 Å². The summed E-state index contributed by atoms with van der Waals surface area (Å²) in [5, 5.41) is 7.07. The van der Waals surface area contributed by atoms with Crippen molar-refractivity contribution in [2.24, 2.45) is 10.1 Å². The van der Waals surface area contributed by atoms with E-state index in [0.29, 0.717) is 0 Å². The average Bonchev–Trinajstić information content (AvgIpc) is 2.72. The fourth-order valence-electron chi connectivity index (χ4n) is 1.09. The zero-order valence-electron chi connectivity index (χ0n) is 7.64. The zero-order valence-corrected chi connectivity index (χ0v) is 7.64. The molecule has 14 heavy (non-hydrogen) atoms. The third-order valence-electron chi connectivity index (χ3n) is 1.74. The number of aliphatic imine (C=N–C) groups is 1. The lowest BCUT2D eigenvalue weighted by Gasteiger charge is -1.98. The minimum absolute atomic E-state index is 0.727. The summed E-state index contributed by atoms with van der Waals surface area (Å²) in [6.07, 6.45) is 5.18. The second-order valence-electron chi connectivity index (χ2n) is 2.81. The van der Waals surface area contributed by atoms with Crippen molar-refractivity contribution in [3.8, 4) is 0 Å². The van der Waals surface area contributed by atoms with E-state index in [2.05, 4.69) is 25.8 Å². The van der Waals surface area contributed by atoms with Gasteiger partial charge in [0, 0.05) is 24.5 Å². The van der Waals surface area contributed by atoms with Crippen molar-refractivity contribution in [1.82, 2.24) is 15.7 Å². The van der Waals surface area contributed by atoms with Crippen LogP contribution in [0.15, 0.2) is 34.6 Å². The molecule has 1 aliphatic heterocycles. The van der Waals surface area contributed by atoms with Crippen molar-refractivity contribution in [1.29, 1.82) is 0 Å². The molecule has 1 aliphatic rings. The van der Waals surface area contributed by atoms with Crippen LogP contribution in [-0.2, 0) is 0 Å². The molecular formula is C9H11N5. The Labute approximate surface area is 82.0 Å². The van der Waals surface area contributed by atoms with Crippen molar-refractivity contribution in [3.05, 3.63) is 30.1 Å². The number of hydrogen-bond acceptors (Lipinski definition) is 5. The van der Waals surface area contributed by atoms with Crippen LogP contribution >= 0.6 is 0 Å². The first-order valence-corrected chi connectivity index (χ1v) is 4.42. The first kappa shape index (κ1) is 8.68. The maximum absolute atomic E-state index is 4.13. The standard InChI is InChI=1S/C9H11N5/c1-2-8(6-10-3-1)7-13-14-9-11-4-5-12-9/h1-3,6-7H,4-5H2,(H2,11,12,14)/b13-7+. The highest BCUT2D eigenvalue weighted by atomic mass is 15.4. The van der Waals surface area contributed by atoms with Crippen LogP contribution in [0.3, 0.4) is 0 Å². The van der Waals surface area contributed by atoms with E-state index in [0.717, 1.165) is 24.6 Å². The molecule has 0 bridgehead atoms. The number of nitrogens with zero attached hydrogens (tertiary/aromatic N) is 3. The molecular weight excluding hydrogens is 178 g/mol. The summed E-state index contributed by atoms with van der Waals surface area (Å²) in [7, 11) is 0. The van der Waals surface area contributed by atoms with Crippen molar-refractivity contribution < 1.29 is 0 Å². The first-order chi connectivity index (χ1) is 6.95. The number of nitrogens with one attached hydrogen (secondary N) is 2. The highest BCUT2D eigenvalue weighted by molar-refractivity contribution is 5.84. The Balaban J connectivity index is 1.88. The summed E-state index contributed by atoms with van der Waals surface area (Å²) >= 11 is 0. The molecule has 2 heterocycles. The number of hydrogen-bond donors (Lipinski definition) is 2. The highest BCUT2D eigenvalue weighted by Crippen LogP contribution is 1.89. The molecule has 1 aromatic rings. The normalized spacial score (nSPS) is 15.3. The van der Waals surface area contributed by atoms with Gasteiger partial charge < -0.3 is 5.32 Å². The largest absolute Gasteiger partial charge is 0.353 e. The maximum Gasteiger partial charge on any atom is 0.212 e. The summed E-state index contributed by atoms with van der Waals surface area (Å²) in [6, 6.07) is 3.80. The van der Waals surface area contributed by atoms with Gasteiger partial charge in [0.25, 0.3) is 0 Å². The Morgan fingerprint density at radius 2 is 2.57 bits per heavy atom. The van der Waals surface area contributed by atoms with Crippen LogP contribution in [0.2, 0.25) is 0 Å². The van der Waals surface area contributed by atoms with E-state index in [1.165, 1.54) is 0 Å². The average molecular weight is 189 g/mol. The SMILES string of the molecule is C(=N\NC1=NCCN1)/c1cccnc1. The van der Waals surface area contributed by atoms with Gasteiger partial charge in [-0.3, -0.25) is 4.98 Å². The third kappa shape index (κ3) is 2.29. The Hall–Kier alpha value is -1.91. The van der Waals surface area contributed by atoms with Gasteiger partial charge >= 0.3 is 0 Å². The van der Waals surface area contributed by atoms with Crippen LogP contribution in [0.25, 0.3) is 0 Å². The highest BCUT2D eigenvalue weighted by Gasteiger charge is 2.00. The number of rotatable bonds is 2. The molecule has 2 rings (SSSR count). The van der Waals surface area contributed by atoms with Crippen LogP contribution in [-0.4, -0.2) is 30.2 Å². The molecule has 0 fully saturated rings. The molecule has 0 atom stereocenters. The van der Waals surface area contributed by atoms with Gasteiger partial charge in [-0.2, -0.15) is 5.10 Å². The molecule has 72 valence electrons. The fraction of sp³-hybridized carbons (Fsp3) is 0.222. The van der Waals surface area contributed by atoms with Gasteiger partial charge in [0.2, 0.25) is 5.96 Å². The lowest BCUT2D eigenvalue weighted by molar-refractivity contribution is 0.919. The van der Waals surface area contributed by atoms with E-state index >= 15 is 0 Å². The summed E-state index contributed by atoms with van der Waals surface area (Å²) < 4.78 is 0. The van der Waals surface area contributed by atoms with E-state index in [9.17, 15) is 0 Å². The fourth-order valence-corrected chi connectivity index (χ4v) is 1.09. The molecule has 0 spiro atoms. The third-order valence-corrected chi connectivity index (χ3v) is 1.74. The van der Waals surface area contributed by atoms with Crippen LogP contribution in [0.4, 0.5) is 0 Å². The lowest BCUT2D eigenvalue weighted by atomic mass is 10.3. The molecule has 5 nitrogen and oxygen atoms in total. The minimum Gasteiger partial charge on any atom is -0.353 e. The van der Waals surface area contributed by atoms with Crippen LogP contribution in [0, 0.1) is 0 Å². The smallest absolute Gasteiger partial charge is 0.212 e. The second kappa shape index (κ2) is 4.36. The quantitative estimate of drug-likeness (QED) is 0.507. The Kier molecular flexibility index (Phi) is 2.70. The molecule has 0 aliphatic carbocycles. The van der Waals surface area contributed by atoms with Crippen LogP contribution in [0.5, 0.6) is 0 Å². The van der Waals surface area contributed by atoms with Gasteiger partial charge in [0.1, 0.15) is 0 Å². The van der Waals surface area contributed by atoms with E-state index in [-0.39, 0.29) is 0 Å². The number of pyridine rings is 1. The molecule has 0 amide bonds. The van der Waals surface area contributed by atoms with Gasteiger partial charge in [-0.1, -0.05) is 6.07 Å². The van der Waals surface area contributed by atoms with Gasteiger partial charge in [-0.25, -0.2) is 10.4 Å². The number of aromatic nitrogens is 1. The van der Waals surface area contributed by atoms with Crippen molar-refractivity contribution in [2.75, 3.05) is 13.1 Å². The summed E-state index contributed by atoms with van der Waals surface area (Å²) in [4.78, 5) is 8.10. The molecule has 5 heteroatoms. The van der Waals surface area contributed by atoms with Gasteiger partial charge in [-0.05, 0) is 6.07 Å². The topological polar surface area (TPSA) is 61.7 Å². The summed E-state index contributed by atoms with van der Waals surface area (Å²) in [5.74, 6) is 0.727. The van der Waals surface area contributed by atoms with Gasteiger partial charge in [-0.15, -0.1) is 0 Å². The van der Waals surface area contributed by atoms with Gasteiger partial charge in [0.05, 0.1) is 12.8 Å². The molecule has 0 saturated heterocycles. The Bertz CT molecular complexity index is 343. The first-order valence-electron chi connectivity index (χ1n) is 4.42. The Morgan fingerprint density at radius 1 is 1.57 bits per heavy atom. The molecule has 0 saturated carbocycles.